The van der Waals surface area contributed by atoms with Gasteiger partial charge >= 0.3 is 0 Å². The SMILES string of the molecule is CCCCC/C(Br)=C/c1ccccc1. The van der Waals surface area contributed by atoms with Crippen LogP contribution in [0, 0.1) is 0 Å². The number of unbranched alkanes of at least 4 members (excludes halogenated alkanes) is 2. The van der Waals surface area contributed by atoms with Crippen LogP contribution in [0.2, 0.25) is 0 Å². The average Bonchev–Trinajstić information content (AvgIpc) is 2.20. The molecule has 0 unspecified atom stereocenters. The van der Waals surface area contributed by atoms with Crippen LogP contribution in [-0.4, -0.2) is 0 Å². The minimum atomic E-state index is 1.16. The fourth-order valence-electron chi connectivity index (χ4n) is 1.35. The van der Waals surface area contributed by atoms with E-state index in [0.717, 1.165) is 6.42 Å². The first-order valence-corrected chi connectivity index (χ1v) is 6.03. The van der Waals surface area contributed by atoms with Crippen molar-refractivity contribution in [2.24, 2.45) is 0 Å². The summed E-state index contributed by atoms with van der Waals surface area (Å²) in [5.74, 6) is 0. The molecule has 1 heteroatoms. The molecule has 0 bridgehead atoms. The van der Waals surface area contributed by atoms with Gasteiger partial charge in [-0.1, -0.05) is 66.0 Å². The van der Waals surface area contributed by atoms with Crippen molar-refractivity contribution in [2.45, 2.75) is 32.6 Å². The van der Waals surface area contributed by atoms with Crippen molar-refractivity contribution >= 4 is 22.0 Å². The van der Waals surface area contributed by atoms with Crippen LogP contribution in [0.25, 0.3) is 6.08 Å². The van der Waals surface area contributed by atoms with E-state index in [-0.39, 0.29) is 0 Å². The number of hydrogen-bond acceptors (Lipinski definition) is 0. The highest BCUT2D eigenvalue weighted by molar-refractivity contribution is 9.11. The smallest absolute Gasteiger partial charge is 0.00434 e. The molecule has 0 N–H and O–H groups in total. The highest BCUT2D eigenvalue weighted by Gasteiger charge is 1.93. The van der Waals surface area contributed by atoms with Crippen LogP contribution in [0.4, 0.5) is 0 Å². The Hall–Kier alpha value is -0.560. The van der Waals surface area contributed by atoms with Crippen LogP contribution in [-0.2, 0) is 0 Å². The third kappa shape index (κ3) is 4.61. The number of rotatable bonds is 5. The molecular formula is C13H17Br. The van der Waals surface area contributed by atoms with Crippen molar-refractivity contribution in [1.82, 2.24) is 0 Å². The van der Waals surface area contributed by atoms with E-state index in [4.69, 9.17) is 0 Å². The summed E-state index contributed by atoms with van der Waals surface area (Å²) >= 11 is 3.61. The van der Waals surface area contributed by atoms with Gasteiger partial charge in [-0.3, -0.25) is 0 Å². The van der Waals surface area contributed by atoms with Crippen LogP contribution < -0.4 is 0 Å². The van der Waals surface area contributed by atoms with E-state index < -0.39 is 0 Å². The van der Waals surface area contributed by atoms with Crippen molar-refractivity contribution in [2.75, 3.05) is 0 Å². The summed E-state index contributed by atoms with van der Waals surface area (Å²) < 4.78 is 1.30. The zero-order valence-electron chi connectivity index (χ0n) is 8.67. The van der Waals surface area contributed by atoms with Crippen LogP contribution in [0.15, 0.2) is 34.8 Å². The zero-order chi connectivity index (χ0) is 10.2. The number of halogens is 1. The maximum Gasteiger partial charge on any atom is -0.00434 e. The molecule has 0 aliphatic carbocycles. The maximum atomic E-state index is 3.61. The molecule has 1 aromatic carbocycles. The monoisotopic (exact) mass is 252 g/mol. The van der Waals surface area contributed by atoms with Crippen LogP contribution in [0.3, 0.4) is 0 Å². The van der Waals surface area contributed by atoms with Gasteiger partial charge in [-0.15, -0.1) is 0 Å². The molecule has 1 rings (SSSR count). The molecule has 0 aromatic heterocycles. The molecule has 0 heterocycles. The van der Waals surface area contributed by atoms with E-state index in [2.05, 4.69) is 53.2 Å². The Morgan fingerprint density at radius 3 is 2.57 bits per heavy atom. The summed E-state index contributed by atoms with van der Waals surface area (Å²) in [4.78, 5) is 0. The summed E-state index contributed by atoms with van der Waals surface area (Å²) in [6, 6.07) is 10.4. The molecule has 0 nitrogen and oxygen atoms in total. The second-order valence-corrected chi connectivity index (χ2v) is 4.48. The lowest BCUT2D eigenvalue weighted by molar-refractivity contribution is 0.727. The normalized spacial score (nSPS) is 11.7. The van der Waals surface area contributed by atoms with Crippen LogP contribution >= 0.6 is 15.9 Å². The van der Waals surface area contributed by atoms with E-state index in [9.17, 15) is 0 Å². The predicted molar refractivity (Wildman–Crippen MR) is 67.5 cm³/mol. The second kappa shape index (κ2) is 6.83. The molecule has 0 radical (unpaired) electrons. The largest absolute Gasteiger partial charge is 0.0654 e. The van der Waals surface area contributed by atoms with Crippen LogP contribution in [0.5, 0.6) is 0 Å². The molecule has 0 fully saturated rings. The molecule has 76 valence electrons. The van der Waals surface area contributed by atoms with E-state index >= 15 is 0 Å². The minimum absolute atomic E-state index is 1.16. The lowest BCUT2D eigenvalue weighted by Gasteiger charge is -1.98. The van der Waals surface area contributed by atoms with Crippen molar-refractivity contribution in [3.8, 4) is 0 Å². The Labute approximate surface area is 95.2 Å². The molecular weight excluding hydrogens is 236 g/mol. The lowest BCUT2D eigenvalue weighted by atomic mass is 10.1. The molecule has 14 heavy (non-hydrogen) atoms. The van der Waals surface area contributed by atoms with Gasteiger partial charge in [0.2, 0.25) is 0 Å². The van der Waals surface area contributed by atoms with Crippen molar-refractivity contribution in [3.05, 3.63) is 40.4 Å². The first kappa shape index (κ1) is 11.5. The third-order valence-electron chi connectivity index (χ3n) is 2.14. The molecule has 0 spiro atoms. The molecule has 0 atom stereocenters. The van der Waals surface area contributed by atoms with Gasteiger partial charge in [-0.25, -0.2) is 0 Å². The second-order valence-electron chi connectivity index (χ2n) is 3.46. The van der Waals surface area contributed by atoms with E-state index in [1.54, 1.807) is 0 Å². The Kier molecular flexibility index (Phi) is 5.62. The van der Waals surface area contributed by atoms with Gasteiger partial charge in [0.05, 0.1) is 0 Å². The predicted octanol–water partition coefficient (Wildman–Crippen LogP) is 5.00. The van der Waals surface area contributed by atoms with Gasteiger partial charge in [-0.05, 0) is 29.0 Å². The summed E-state index contributed by atoms with van der Waals surface area (Å²) in [7, 11) is 0. The summed E-state index contributed by atoms with van der Waals surface area (Å²) in [5.41, 5.74) is 1.27. The fourth-order valence-corrected chi connectivity index (χ4v) is 1.89. The van der Waals surface area contributed by atoms with Crippen molar-refractivity contribution < 1.29 is 0 Å². The Morgan fingerprint density at radius 1 is 1.21 bits per heavy atom. The van der Waals surface area contributed by atoms with E-state index in [1.807, 2.05) is 6.07 Å². The number of benzene rings is 1. The zero-order valence-corrected chi connectivity index (χ0v) is 10.3. The highest BCUT2D eigenvalue weighted by Crippen LogP contribution is 2.18. The summed E-state index contributed by atoms with van der Waals surface area (Å²) in [5, 5.41) is 0. The van der Waals surface area contributed by atoms with Gasteiger partial charge in [0.1, 0.15) is 0 Å². The standard InChI is InChI=1S/C13H17Br/c1-2-3-5-10-13(14)11-12-8-6-4-7-9-12/h4,6-9,11H,2-3,5,10H2,1H3/b13-11-. The van der Waals surface area contributed by atoms with Crippen molar-refractivity contribution in [1.29, 1.82) is 0 Å². The molecule has 0 amide bonds. The van der Waals surface area contributed by atoms with Gasteiger partial charge in [-0.2, -0.15) is 0 Å². The number of hydrogen-bond donors (Lipinski definition) is 0. The van der Waals surface area contributed by atoms with E-state index in [1.165, 1.54) is 29.3 Å². The first-order valence-electron chi connectivity index (χ1n) is 5.24. The fraction of sp³-hybridized carbons (Fsp3) is 0.385. The summed E-state index contributed by atoms with van der Waals surface area (Å²) in [6.07, 6.45) is 7.24. The van der Waals surface area contributed by atoms with Gasteiger partial charge in [0.15, 0.2) is 0 Å². The summed E-state index contributed by atoms with van der Waals surface area (Å²) in [6.45, 7) is 2.23. The van der Waals surface area contributed by atoms with Crippen LogP contribution in [0.1, 0.15) is 38.2 Å². The quantitative estimate of drug-likeness (QED) is 0.647. The number of allylic oxidation sites excluding steroid dienone is 1. The molecule has 0 saturated heterocycles. The molecule has 0 aliphatic rings. The lowest BCUT2D eigenvalue weighted by Crippen LogP contribution is -1.77. The van der Waals surface area contributed by atoms with Gasteiger partial charge in [0, 0.05) is 0 Å². The third-order valence-corrected chi connectivity index (χ3v) is 2.77. The van der Waals surface area contributed by atoms with Crippen molar-refractivity contribution in [3.63, 3.8) is 0 Å². The Bertz CT molecular complexity index is 275. The molecule has 0 saturated carbocycles. The molecule has 0 aliphatic heterocycles. The molecule has 1 aromatic rings. The highest BCUT2D eigenvalue weighted by atomic mass is 79.9. The average molecular weight is 253 g/mol. The minimum Gasteiger partial charge on any atom is -0.0654 e. The first-order chi connectivity index (χ1) is 6.83. The Morgan fingerprint density at radius 2 is 1.93 bits per heavy atom. The Balaban J connectivity index is 2.43. The van der Waals surface area contributed by atoms with E-state index in [0.29, 0.717) is 0 Å². The maximum absolute atomic E-state index is 3.61. The van der Waals surface area contributed by atoms with Gasteiger partial charge in [0.25, 0.3) is 0 Å². The van der Waals surface area contributed by atoms with Gasteiger partial charge < -0.3 is 0 Å². The topological polar surface area (TPSA) is 0 Å².